The summed E-state index contributed by atoms with van der Waals surface area (Å²) in [5, 5.41) is 9.99. The van der Waals surface area contributed by atoms with Gasteiger partial charge in [-0.25, -0.2) is 0 Å². The SMILES string of the molecule is N#CCc1ccccc1-c1c(Br)oc2ccccc12. The average molecular weight is 312 g/mol. The van der Waals surface area contributed by atoms with E-state index in [1.165, 1.54) is 0 Å². The van der Waals surface area contributed by atoms with Gasteiger partial charge in [-0.2, -0.15) is 5.26 Å². The van der Waals surface area contributed by atoms with E-state index in [0.717, 1.165) is 27.7 Å². The molecule has 0 radical (unpaired) electrons. The minimum absolute atomic E-state index is 0.391. The van der Waals surface area contributed by atoms with Gasteiger partial charge in [0.15, 0.2) is 4.67 Å². The number of para-hydroxylation sites is 1. The van der Waals surface area contributed by atoms with E-state index >= 15 is 0 Å². The van der Waals surface area contributed by atoms with Crippen molar-refractivity contribution in [3.05, 3.63) is 58.8 Å². The first kappa shape index (κ1) is 12.0. The molecule has 0 atom stereocenters. The molecule has 19 heavy (non-hydrogen) atoms. The zero-order valence-corrected chi connectivity index (χ0v) is 11.6. The van der Waals surface area contributed by atoms with Crippen molar-refractivity contribution in [3.63, 3.8) is 0 Å². The first-order valence-corrected chi connectivity index (χ1v) is 6.73. The molecule has 0 spiro atoms. The van der Waals surface area contributed by atoms with Crippen molar-refractivity contribution in [2.45, 2.75) is 6.42 Å². The van der Waals surface area contributed by atoms with E-state index in [-0.39, 0.29) is 0 Å². The highest BCUT2D eigenvalue weighted by atomic mass is 79.9. The lowest BCUT2D eigenvalue weighted by atomic mass is 9.98. The maximum absolute atomic E-state index is 8.94. The smallest absolute Gasteiger partial charge is 0.178 e. The van der Waals surface area contributed by atoms with Crippen LogP contribution in [0.15, 0.2) is 57.6 Å². The largest absolute Gasteiger partial charge is 0.449 e. The third-order valence-electron chi connectivity index (χ3n) is 3.11. The van der Waals surface area contributed by atoms with Gasteiger partial charge in [0, 0.05) is 10.9 Å². The molecule has 2 nitrogen and oxygen atoms in total. The van der Waals surface area contributed by atoms with Crippen molar-refractivity contribution in [1.82, 2.24) is 0 Å². The Balaban J connectivity index is 2.31. The first-order valence-electron chi connectivity index (χ1n) is 5.93. The zero-order valence-electron chi connectivity index (χ0n) is 10.1. The van der Waals surface area contributed by atoms with Gasteiger partial charge >= 0.3 is 0 Å². The van der Waals surface area contributed by atoms with Gasteiger partial charge in [0.25, 0.3) is 0 Å². The van der Waals surface area contributed by atoms with Crippen LogP contribution in [0.4, 0.5) is 0 Å². The summed E-state index contributed by atoms with van der Waals surface area (Å²) < 4.78 is 6.43. The second-order valence-corrected chi connectivity index (χ2v) is 4.96. The second kappa shape index (κ2) is 4.91. The fourth-order valence-corrected chi connectivity index (χ4v) is 2.87. The van der Waals surface area contributed by atoms with Crippen LogP contribution in [0.25, 0.3) is 22.1 Å². The fourth-order valence-electron chi connectivity index (χ4n) is 2.27. The Morgan fingerprint density at radius 3 is 2.63 bits per heavy atom. The number of hydrogen-bond acceptors (Lipinski definition) is 2. The van der Waals surface area contributed by atoms with E-state index < -0.39 is 0 Å². The molecule has 0 saturated heterocycles. The molecule has 0 aliphatic rings. The molecule has 0 aliphatic heterocycles. The van der Waals surface area contributed by atoms with Crippen molar-refractivity contribution in [2.75, 3.05) is 0 Å². The number of benzene rings is 2. The summed E-state index contributed by atoms with van der Waals surface area (Å²) in [6.07, 6.45) is 0.391. The van der Waals surface area contributed by atoms with Crippen molar-refractivity contribution < 1.29 is 4.42 Å². The van der Waals surface area contributed by atoms with Crippen LogP contribution in [0.1, 0.15) is 5.56 Å². The van der Waals surface area contributed by atoms with Crippen LogP contribution < -0.4 is 0 Å². The third kappa shape index (κ3) is 2.05. The van der Waals surface area contributed by atoms with E-state index in [2.05, 4.69) is 22.0 Å². The number of rotatable bonds is 2. The van der Waals surface area contributed by atoms with Crippen LogP contribution in [-0.2, 0) is 6.42 Å². The van der Waals surface area contributed by atoms with Crippen LogP contribution >= 0.6 is 15.9 Å². The number of fused-ring (bicyclic) bond motifs is 1. The summed E-state index contributed by atoms with van der Waals surface area (Å²) >= 11 is 3.48. The monoisotopic (exact) mass is 311 g/mol. The van der Waals surface area contributed by atoms with Crippen LogP contribution in [-0.4, -0.2) is 0 Å². The summed E-state index contributed by atoms with van der Waals surface area (Å²) in [5.74, 6) is 0. The molecule has 0 unspecified atom stereocenters. The molecule has 0 fully saturated rings. The summed E-state index contributed by atoms with van der Waals surface area (Å²) in [5.41, 5.74) is 3.91. The van der Waals surface area contributed by atoms with Gasteiger partial charge in [-0.05, 0) is 33.1 Å². The normalized spacial score (nSPS) is 10.5. The number of furan rings is 1. The van der Waals surface area contributed by atoms with Crippen LogP contribution in [0.5, 0.6) is 0 Å². The Labute approximate surface area is 119 Å². The summed E-state index contributed by atoms with van der Waals surface area (Å²) in [7, 11) is 0. The Morgan fingerprint density at radius 2 is 1.79 bits per heavy atom. The molecular formula is C16H10BrNO. The molecule has 0 N–H and O–H groups in total. The molecule has 1 heterocycles. The fraction of sp³-hybridized carbons (Fsp3) is 0.0625. The number of nitrogens with zero attached hydrogens (tertiary/aromatic N) is 1. The van der Waals surface area contributed by atoms with E-state index in [9.17, 15) is 0 Å². The van der Waals surface area contributed by atoms with E-state index in [4.69, 9.17) is 9.68 Å². The van der Waals surface area contributed by atoms with E-state index in [1.807, 2.05) is 48.5 Å². The molecule has 0 bridgehead atoms. The molecule has 0 amide bonds. The van der Waals surface area contributed by atoms with E-state index in [1.54, 1.807) is 0 Å². The Kier molecular flexibility index (Phi) is 3.10. The van der Waals surface area contributed by atoms with E-state index in [0.29, 0.717) is 11.1 Å². The minimum atomic E-state index is 0.391. The molecule has 3 rings (SSSR count). The lowest BCUT2D eigenvalue weighted by Gasteiger charge is -2.05. The van der Waals surface area contributed by atoms with Gasteiger partial charge in [-0.15, -0.1) is 0 Å². The zero-order chi connectivity index (χ0) is 13.2. The van der Waals surface area contributed by atoms with Gasteiger partial charge in [-0.3, -0.25) is 0 Å². The highest BCUT2D eigenvalue weighted by Crippen LogP contribution is 2.39. The molecule has 0 saturated carbocycles. The summed E-state index contributed by atoms with van der Waals surface area (Å²) in [6, 6.07) is 18.0. The standard InChI is InChI=1S/C16H10BrNO/c17-16-15(13-7-3-4-8-14(13)19-16)12-6-2-1-5-11(12)9-10-18/h1-8H,9H2. The lowest BCUT2D eigenvalue weighted by molar-refractivity contribution is 0.589. The highest BCUT2D eigenvalue weighted by Gasteiger charge is 2.15. The summed E-state index contributed by atoms with van der Waals surface area (Å²) in [4.78, 5) is 0. The summed E-state index contributed by atoms with van der Waals surface area (Å²) in [6.45, 7) is 0. The molecule has 3 aromatic rings. The predicted molar refractivity (Wildman–Crippen MR) is 78.7 cm³/mol. The predicted octanol–water partition coefficient (Wildman–Crippen LogP) is 4.93. The average Bonchev–Trinajstić information content (AvgIpc) is 2.76. The maximum Gasteiger partial charge on any atom is 0.178 e. The van der Waals surface area contributed by atoms with Crippen molar-refractivity contribution >= 4 is 26.9 Å². The Morgan fingerprint density at radius 1 is 1.05 bits per heavy atom. The molecule has 3 heteroatoms. The number of halogens is 1. The third-order valence-corrected chi connectivity index (χ3v) is 3.67. The Bertz CT molecular complexity index is 783. The topological polar surface area (TPSA) is 36.9 Å². The van der Waals surface area contributed by atoms with Gasteiger partial charge in [0.2, 0.25) is 0 Å². The molecular weight excluding hydrogens is 302 g/mol. The minimum Gasteiger partial charge on any atom is -0.449 e. The quantitative estimate of drug-likeness (QED) is 0.673. The van der Waals surface area contributed by atoms with Crippen LogP contribution in [0, 0.1) is 11.3 Å². The number of nitriles is 1. The maximum atomic E-state index is 8.94. The van der Waals surface area contributed by atoms with Crippen LogP contribution in [0.2, 0.25) is 0 Å². The Hall–Kier alpha value is -2.05. The molecule has 2 aromatic carbocycles. The highest BCUT2D eigenvalue weighted by molar-refractivity contribution is 9.10. The first-order chi connectivity index (χ1) is 9.31. The van der Waals surface area contributed by atoms with Crippen LogP contribution in [0.3, 0.4) is 0 Å². The van der Waals surface area contributed by atoms with Crippen molar-refractivity contribution in [3.8, 4) is 17.2 Å². The van der Waals surface area contributed by atoms with Gasteiger partial charge in [0.1, 0.15) is 5.58 Å². The van der Waals surface area contributed by atoms with Gasteiger partial charge in [-0.1, -0.05) is 42.5 Å². The van der Waals surface area contributed by atoms with Crippen molar-refractivity contribution in [1.29, 1.82) is 5.26 Å². The molecule has 0 aliphatic carbocycles. The molecule has 92 valence electrons. The second-order valence-electron chi connectivity index (χ2n) is 4.24. The van der Waals surface area contributed by atoms with Crippen molar-refractivity contribution in [2.24, 2.45) is 0 Å². The van der Waals surface area contributed by atoms with Gasteiger partial charge < -0.3 is 4.42 Å². The number of hydrogen-bond donors (Lipinski definition) is 0. The lowest BCUT2D eigenvalue weighted by Crippen LogP contribution is -1.87. The van der Waals surface area contributed by atoms with Gasteiger partial charge in [0.05, 0.1) is 12.5 Å². The molecule has 1 aromatic heterocycles.